The fourth-order valence-electron chi connectivity index (χ4n) is 2.14. The molecule has 3 N–H and O–H groups in total. The highest BCUT2D eigenvalue weighted by atomic mass is 32.1. The highest BCUT2D eigenvalue weighted by Gasteiger charge is 2.07. The molecule has 7 heteroatoms. The maximum atomic E-state index is 12.1. The standard InChI is InChI=1S/C18H24N4O2S/c1-22(2)9-8-19-17(23)15-6-3-5-14(11-15)12-20-18(24)21-13-16-7-4-10-25-16/h3-7,10-11H,8-9,12-13H2,1-2H3,(H,19,23)(H2,20,21,24). The number of hydrogen-bond donors (Lipinski definition) is 3. The number of carbonyl (C=O) groups excluding carboxylic acids is 2. The predicted octanol–water partition coefficient (Wildman–Crippen LogP) is 2.04. The second-order valence-corrected chi connectivity index (χ2v) is 6.91. The number of urea groups is 1. The Labute approximate surface area is 152 Å². The third-order valence-corrected chi connectivity index (χ3v) is 4.37. The highest BCUT2D eigenvalue weighted by Crippen LogP contribution is 2.07. The van der Waals surface area contributed by atoms with E-state index in [1.165, 1.54) is 0 Å². The molecule has 1 heterocycles. The first-order valence-corrected chi connectivity index (χ1v) is 8.98. The van der Waals surface area contributed by atoms with E-state index in [0.29, 0.717) is 25.2 Å². The largest absolute Gasteiger partial charge is 0.351 e. The minimum atomic E-state index is -0.228. The Hall–Kier alpha value is -2.38. The van der Waals surface area contributed by atoms with Crippen LogP contribution in [0.3, 0.4) is 0 Å². The smallest absolute Gasteiger partial charge is 0.315 e. The molecule has 0 unspecified atom stereocenters. The number of likely N-dealkylation sites (N-methyl/N-ethyl adjacent to an activating group) is 1. The molecule has 2 aromatic rings. The van der Waals surface area contributed by atoms with Gasteiger partial charge in [0.25, 0.3) is 5.91 Å². The minimum Gasteiger partial charge on any atom is -0.351 e. The van der Waals surface area contributed by atoms with Gasteiger partial charge in [-0.25, -0.2) is 4.79 Å². The van der Waals surface area contributed by atoms with Gasteiger partial charge in [-0.15, -0.1) is 11.3 Å². The molecular formula is C18H24N4O2S. The maximum Gasteiger partial charge on any atom is 0.315 e. The summed E-state index contributed by atoms with van der Waals surface area (Å²) < 4.78 is 0. The third-order valence-electron chi connectivity index (χ3n) is 3.49. The van der Waals surface area contributed by atoms with Crippen molar-refractivity contribution < 1.29 is 9.59 Å². The Balaban J connectivity index is 1.78. The Morgan fingerprint density at radius 2 is 1.84 bits per heavy atom. The summed E-state index contributed by atoms with van der Waals surface area (Å²) in [4.78, 5) is 27.1. The SMILES string of the molecule is CN(C)CCNC(=O)c1cccc(CNC(=O)NCc2cccs2)c1. The average molecular weight is 360 g/mol. The number of hydrogen-bond acceptors (Lipinski definition) is 4. The predicted molar refractivity (Wildman–Crippen MR) is 101 cm³/mol. The number of benzene rings is 1. The van der Waals surface area contributed by atoms with Crippen LogP contribution in [0.5, 0.6) is 0 Å². The van der Waals surface area contributed by atoms with Crippen LogP contribution in [0.15, 0.2) is 41.8 Å². The molecule has 6 nitrogen and oxygen atoms in total. The van der Waals surface area contributed by atoms with Gasteiger partial charge in [0, 0.05) is 30.1 Å². The second kappa shape index (κ2) is 9.80. The molecule has 0 fully saturated rings. The van der Waals surface area contributed by atoms with E-state index in [-0.39, 0.29) is 11.9 Å². The number of nitrogens with one attached hydrogen (secondary N) is 3. The number of amides is 3. The maximum absolute atomic E-state index is 12.1. The van der Waals surface area contributed by atoms with Crippen LogP contribution in [0, 0.1) is 0 Å². The van der Waals surface area contributed by atoms with E-state index in [0.717, 1.165) is 17.0 Å². The monoisotopic (exact) mass is 360 g/mol. The number of nitrogens with zero attached hydrogens (tertiary/aromatic N) is 1. The third kappa shape index (κ3) is 6.94. The minimum absolute atomic E-state index is 0.106. The molecule has 0 bridgehead atoms. The molecule has 3 amide bonds. The van der Waals surface area contributed by atoms with Crippen molar-refractivity contribution in [3.63, 3.8) is 0 Å². The Morgan fingerprint density at radius 1 is 1.04 bits per heavy atom. The highest BCUT2D eigenvalue weighted by molar-refractivity contribution is 7.09. The summed E-state index contributed by atoms with van der Waals surface area (Å²) >= 11 is 1.60. The fraction of sp³-hybridized carbons (Fsp3) is 0.333. The van der Waals surface area contributed by atoms with E-state index < -0.39 is 0 Å². The average Bonchev–Trinajstić information content (AvgIpc) is 3.11. The summed E-state index contributed by atoms with van der Waals surface area (Å²) in [5, 5.41) is 10.5. The molecule has 0 aliphatic heterocycles. The molecule has 0 saturated carbocycles. The van der Waals surface area contributed by atoms with Gasteiger partial charge < -0.3 is 20.9 Å². The van der Waals surface area contributed by atoms with Crippen molar-refractivity contribution in [3.8, 4) is 0 Å². The molecule has 1 aromatic carbocycles. The van der Waals surface area contributed by atoms with E-state index >= 15 is 0 Å². The van der Waals surface area contributed by atoms with Crippen LogP contribution in [0.1, 0.15) is 20.8 Å². The second-order valence-electron chi connectivity index (χ2n) is 5.88. The quantitative estimate of drug-likeness (QED) is 0.674. The van der Waals surface area contributed by atoms with Crippen LogP contribution in [0.2, 0.25) is 0 Å². The zero-order chi connectivity index (χ0) is 18.1. The van der Waals surface area contributed by atoms with Crippen molar-refractivity contribution in [1.29, 1.82) is 0 Å². The molecule has 2 rings (SSSR count). The molecular weight excluding hydrogens is 336 g/mol. The van der Waals surface area contributed by atoms with Crippen LogP contribution >= 0.6 is 11.3 Å². The van der Waals surface area contributed by atoms with Gasteiger partial charge in [-0.2, -0.15) is 0 Å². The molecule has 134 valence electrons. The van der Waals surface area contributed by atoms with E-state index in [1.807, 2.05) is 48.6 Å². The van der Waals surface area contributed by atoms with Crippen LogP contribution in [-0.4, -0.2) is 44.0 Å². The van der Waals surface area contributed by atoms with Gasteiger partial charge in [0.15, 0.2) is 0 Å². The van der Waals surface area contributed by atoms with Gasteiger partial charge in [0.05, 0.1) is 6.54 Å². The lowest BCUT2D eigenvalue weighted by molar-refractivity contribution is 0.0951. The molecule has 0 aliphatic carbocycles. The van der Waals surface area contributed by atoms with Crippen molar-refractivity contribution in [1.82, 2.24) is 20.9 Å². The summed E-state index contributed by atoms with van der Waals surface area (Å²) in [5.74, 6) is -0.106. The number of carbonyl (C=O) groups is 2. The normalized spacial score (nSPS) is 10.5. The summed E-state index contributed by atoms with van der Waals surface area (Å²) in [6.07, 6.45) is 0. The van der Waals surface area contributed by atoms with Crippen LogP contribution < -0.4 is 16.0 Å². The fourth-order valence-corrected chi connectivity index (χ4v) is 2.79. The van der Waals surface area contributed by atoms with Gasteiger partial charge in [0.2, 0.25) is 0 Å². The topological polar surface area (TPSA) is 73.5 Å². The molecule has 0 atom stereocenters. The van der Waals surface area contributed by atoms with Crippen molar-refractivity contribution in [2.75, 3.05) is 27.2 Å². The molecule has 0 saturated heterocycles. The zero-order valence-corrected chi connectivity index (χ0v) is 15.4. The van der Waals surface area contributed by atoms with E-state index in [2.05, 4.69) is 16.0 Å². The van der Waals surface area contributed by atoms with Crippen molar-refractivity contribution in [2.24, 2.45) is 0 Å². The van der Waals surface area contributed by atoms with Gasteiger partial charge in [0.1, 0.15) is 0 Å². The molecule has 25 heavy (non-hydrogen) atoms. The summed E-state index contributed by atoms with van der Waals surface area (Å²) in [6.45, 7) is 2.27. The Kier molecular flexibility index (Phi) is 7.43. The van der Waals surface area contributed by atoms with Crippen LogP contribution in [0.4, 0.5) is 4.79 Å². The van der Waals surface area contributed by atoms with Crippen LogP contribution in [-0.2, 0) is 13.1 Å². The summed E-state index contributed by atoms with van der Waals surface area (Å²) in [6, 6.07) is 11.0. The first-order chi connectivity index (χ1) is 12.0. The molecule has 0 radical (unpaired) electrons. The number of rotatable bonds is 8. The summed E-state index contributed by atoms with van der Waals surface area (Å²) in [7, 11) is 3.92. The van der Waals surface area contributed by atoms with Gasteiger partial charge in [-0.05, 0) is 43.2 Å². The first kappa shape index (κ1) is 19.0. The van der Waals surface area contributed by atoms with E-state index in [4.69, 9.17) is 0 Å². The van der Waals surface area contributed by atoms with E-state index in [1.54, 1.807) is 23.5 Å². The molecule has 0 aliphatic rings. The molecule has 1 aromatic heterocycles. The van der Waals surface area contributed by atoms with E-state index in [9.17, 15) is 9.59 Å². The Bertz CT molecular complexity index is 686. The van der Waals surface area contributed by atoms with Crippen molar-refractivity contribution >= 4 is 23.3 Å². The van der Waals surface area contributed by atoms with Crippen LogP contribution in [0.25, 0.3) is 0 Å². The first-order valence-electron chi connectivity index (χ1n) is 8.10. The van der Waals surface area contributed by atoms with Crippen molar-refractivity contribution in [3.05, 3.63) is 57.8 Å². The lowest BCUT2D eigenvalue weighted by Gasteiger charge is -2.11. The lowest BCUT2D eigenvalue weighted by atomic mass is 10.1. The van der Waals surface area contributed by atoms with Gasteiger partial charge >= 0.3 is 6.03 Å². The Morgan fingerprint density at radius 3 is 2.56 bits per heavy atom. The molecule has 0 spiro atoms. The zero-order valence-electron chi connectivity index (χ0n) is 14.5. The lowest BCUT2D eigenvalue weighted by Crippen LogP contribution is -2.34. The number of thiophene rings is 1. The van der Waals surface area contributed by atoms with Gasteiger partial charge in [-0.1, -0.05) is 18.2 Å². The van der Waals surface area contributed by atoms with Crippen molar-refractivity contribution in [2.45, 2.75) is 13.1 Å². The van der Waals surface area contributed by atoms with Gasteiger partial charge in [-0.3, -0.25) is 4.79 Å². The summed E-state index contributed by atoms with van der Waals surface area (Å²) in [5.41, 5.74) is 1.48.